The van der Waals surface area contributed by atoms with Gasteiger partial charge in [-0.2, -0.15) is 0 Å². The van der Waals surface area contributed by atoms with E-state index in [1.54, 1.807) is 42.5 Å². The molecule has 3 aromatic rings. The highest BCUT2D eigenvalue weighted by atomic mass is 79.9. The fourth-order valence-corrected chi connectivity index (χ4v) is 5.51. The number of halogens is 1. The first-order valence-corrected chi connectivity index (χ1v) is 11.9. The topological polar surface area (TPSA) is 39.2 Å². The van der Waals surface area contributed by atoms with Crippen LogP contribution in [0.3, 0.4) is 0 Å². The molecule has 0 N–H and O–H groups in total. The van der Waals surface area contributed by atoms with Crippen molar-refractivity contribution in [2.75, 3.05) is 7.11 Å². The first-order valence-electron chi connectivity index (χ1n) is 9.32. The molecule has 150 valence electrons. The number of benzene rings is 1. The predicted molar refractivity (Wildman–Crippen MR) is 126 cm³/mol. The zero-order chi connectivity index (χ0) is 20.6. The Morgan fingerprint density at radius 3 is 2.86 bits per heavy atom. The number of carbonyl (C=O) groups excluding carboxylic acids is 1. The highest BCUT2D eigenvalue weighted by Gasteiger charge is 2.11. The maximum atomic E-state index is 12.6. The molecule has 29 heavy (non-hydrogen) atoms. The number of hydrogen-bond donors (Lipinski definition) is 0. The molecule has 0 spiro atoms. The molecule has 0 aliphatic rings. The molecule has 0 aliphatic heterocycles. The van der Waals surface area contributed by atoms with E-state index in [1.165, 1.54) is 4.88 Å². The second kappa shape index (κ2) is 10.8. The normalized spacial score (nSPS) is 11.1. The summed E-state index contributed by atoms with van der Waals surface area (Å²) in [6.07, 6.45) is 7.35. The number of ether oxygens (including phenoxy) is 1. The molecule has 3 rings (SSSR count). The number of aryl methyl sites for hydroxylation is 1. The lowest BCUT2D eigenvalue weighted by atomic mass is 10.1. The highest BCUT2D eigenvalue weighted by molar-refractivity contribution is 9.10. The van der Waals surface area contributed by atoms with E-state index in [-0.39, 0.29) is 5.78 Å². The van der Waals surface area contributed by atoms with Crippen LogP contribution in [0.15, 0.2) is 64.2 Å². The maximum Gasteiger partial charge on any atom is 0.195 e. The molecule has 0 unspecified atom stereocenters. The van der Waals surface area contributed by atoms with Gasteiger partial charge in [0.25, 0.3) is 0 Å². The molecule has 2 heterocycles. The van der Waals surface area contributed by atoms with Crippen molar-refractivity contribution in [1.82, 2.24) is 4.98 Å². The highest BCUT2D eigenvalue weighted by Crippen LogP contribution is 2.30. The Kier molecular flexibility index (Phi) is 8.09. The fraction of sp³-hybridized carbons (Fsp3) is 0.217. The molecule has 0 bridgehead atoms. The van der Waals surface area contributed by atoms with Crippen LogP contribution < -0.4 is 4.74 Å². The van der Waals surface area contributed by atoms with Crippen LogP contribution in [0.4, 0.5) is 0 Å². The van der Waals surface area contributed by atoms with Crippen LogP contribution in [0.5, 0.6) is 5.75 Å². The number of allylic oxidation sites excluding steroid dienone is 1. The zero-order valence-electron chi connectivity index (χ0n) is 16.4. The third kappa shape index (κ3) is 6.04. The minimum atomic E-state index is 0.0262. The number of pyridine rings is 1. The van der Waals surface area contributed by atoms with E-state index < -0.39 is 0 Å². The van der Waals surface area contributed by atoms with E-state index in [9.17, 15) is 4.79 Å². The number of thioether (sulfide) groups is 1. The van der Waals surface area contributed by atoms with E-state index in [0.717, 1.165) is 49.8 Å². The predicted octanol–water partition coefficient (Wildman–Crippen LogP) is 7.06. The van der Waals surface area contributed by atoms with Gasteiger partial charge in [-0.05, 0) is 64.3 Å². The second-order valence-electron chi connectivity index (χ2n) is 6.36. The van der Waals surface area contributed by atoms with Gasteiger partial charge in [0, 0.05) is 26.9 Å². The third-order valence-electron chi connectivity index (χ3n) is 4.22. The molecular weight excluding hydrogens is 466 g/mol. The van der Waals surface area contributed by atoms with Gasteiger partial charge < -0.3 is 4.74 Å². The van der Waals surface area contributed by atoms with Crippen molar-refractivity contribution in [2.45, 2.75) is 30.5 Å². The fourth-order valence-electron chi connectivity index (χ4n) is 2.78. The Hall–Kier alpha value is -1.89. The number of aromatic nitrogens is 1. The number of thiophene rings is 1. The molecule has 2 aromatic heterocycles. The van der Waals surface area contributed by atoms with Gasteiger partial charge in [-0.15, -0.1) is 23.1 Å². The van der Waals surface area contributed by atoms with Crippen LogP contribution in [0.1, 0.15) is 39.0 Å². The summed E-state index contributed by atoms with van der Waals surface area (Å²) >= 11 is 6.78. The van der Waals surface area contributed by atoms with E-state index >= 15 is 0 Å². The van der Waals surface area contributed by atoms with Crippen LogP contribution in [-0.2, 0) is 12.2 Å². The lowest BCUT2D eigenvalue weighted by Crippen LogP contribution is -1.93. The Bertz CT molecular complexity index is 999. The van der Waals surface area contributed by atoms with Crippen molar-refractivity contribution in [3.63, 3.8) is 0 Å². The largest absolute Gasteiger partial charge is 0.496 e. The van der Waals surface area contributed by atoms with E-state index in [0.29, 0.717) is 0 Å². The summed E-state index contributed by atoms with van der Waals surface area (Å²) < 4.78 is 6.52. The van der Waals surface area contributed by atoms with Gasteiger partial charge in [-0.25, -0.2) is 4.98 Å². The smallest absolute Gasteiger partial charge is 0.195 e. The van der Waals surface area contributed by atoms with Crippen LogP contribution in [0.25, 0.3) is 6.08 Å². The van der Waals surface area contributed by atoms with Gasteiger partial charge in [-0.1, -0.05) is 31.6 Å². The van der Waals surface area contributed by atoms with E-state index in [2.05, 4.69) is 33.9 Å². The van der Waals surface area contributed by atoms with Crippen molar-refractivity contribution in [1.29, 1.82) is 0 Å². The summed E-state index contributed by atoms with van der Waals surface area (Å²) in [5.41, 5.74) is 2.04. The minimum absolute atomic E-state index is 0.0262. The van der Waals surface area contributed by atoms with Crippen molar-refractivity contribution in [3.05, 3.63) is 80.1 Å². The van der Waals surface area contributed by atoms with Crippen molar-refractivity contribution in [3.8, 4) is 5.75 Å². The quantitative estimate of drug-likeness (QED) is 0.184. The van der Waals surface area contributed by atoms with Gasteiger partial charge in [0.2, 0.25) is 0 Å². The number of methoxy groups -OCH3 is 1. The summed E-state index contributed by atoms with van der Waals surface area (Å²) in [5.74, 6) is 1.61. The standard InChI is InChI=1S/C23H22BrNO2S2/c1-3-6-21-18(24)14-22(29-21)19(26)10-8-16-9-11-20(27-2)17(13-16)15-28-23-7-4-5-12-25-23/h4-5,7-14H,3,6,15H2,1-2H3/b10-8+. The average Bonchev–Trinajstić information content (AvgIpc) is 3.12. The number of nitrogens with zero attached hydrogens (tertiary/aromatic N) is 1. The SMILES string of the molecule is CCCc1sc(C(=O)/C=C/c2ccc(OC)c(CSc3ccccn3)c2)cc1Br. The van der Waals surface area contributed by atoms with Gasteiger partial charge >= 0.3 is 0 Å². The Morgan fingerprint density at radius 2 is 2.14 bits per heavy atom. The summed E-state index contributed by atoms with van der Waals surface area (Å²) in [7, 11) is 1.67. The monoisotopic (exact) mass is 487 g/mol. The lowest BCUT2D eigenvalue weighted by molar-refractivity contribution is 0.105. The Morgan fingerprint density at radius 1 is 1.28 bits per heavy atom. The molecule has 6 heteroatoms. The number of ketones is 1. The van der Waals surface area contributed by atoms with Crippen LogP contribution in [-0.4, -0.2) is 17.9 Å². The number of rotatable bonds is 9. The van der Waals surface area contributed by atoms with Crippen molar-refractivity contribution < 1.29 is 9.53 Å². The van der Waals surface area contributed by atoms with Crippen molar-refractivity contribution >= 4 is 50.9 Å². The first-order chi connectivity index (χ1) is 14.1. The first kappa shape index (κ1) is 21.8. The molecule has 0 radical (unpaired) electrons. The Balaban J connectivity index is 1.73. The van der Waals surface area contributed by atoms with Gasteiger partial charge in [0.15, 0.2) is 5.78 Å². The molecule has 0 fully saturated rings. The van der Waals surface area contributed by atoms with Crippen LogP contribution in [0, 0.1) is 0 Å². The van der Waals surface area contributed by atoms with Crippen LogP contribution >= 0.6 is 39.0 Å². The molecule has 0 amide bonds. The zero-order valence-corrected chi connectivity index (χ0v) is 19.6. The number of hydrogen-bond acceptors (Lipinski definition) is 5. The summed E-state index contributed by atoms with van der Waals surface area (Å²) in [6, 6.07) is 13.8. The van der Waals surface area contributed by atoms with E-state index in [4.69, 9.17) is 4.74 Å². The molecule has 3 nitrogen and oxygen atoms in total. The minimum Gasteiger partial charge on any atom is -0.496 e. The molecule has 0 saturated heterocycles. The van der Waals surface area contributed by atoms with E-state index in [1.807, 2.05) is 42.5 Å². The molecule has 0 atom stereocenters. The molecule has 0 saturated carbocycles. The van der Waals surface area contributed by atoms with Gasteiger partial charge in [0.05, 0.1) is 17.0 Å². The van der Waals surface area contributed by atoms with Gasteiger partial charge in [0.1, 0.15) is 5.75 Å². The Labute approximate surface area is 188 Å². The number of carbonyl (C=O) groups is 1. The molecule has 0 aliphatic carbocycles. The summed E-state index contributed by atoms with van der Waals surface area (Å²) in [5, 5.41) is 0.969. The lowest BCUT2D eigenvalue weighted by Gasteiger charge is -2.09. The maximum absolute atomic E-state index is 12.6. The van der Waals surface area contributed by atoms with Gasteiger partial charge in [-0.3, -0.25) is 4.79 Å². The summed E-state index contributed by atoms with van der Waals surface area (Å²) in [6.45, 7) is 2.14. The molecule has 1 aromatic carbocycles. The third-order valence-corrected chi connectivity index (χ3v) is 7.39. The molecular formula is C23H22BrNO2S2. The van der Waals surface area contributed by atoms with Crippen LogP contribution in [0.2, 0.25) is 0 Å². The second-order valence-corrected chi connectivity index (χ2v) is 9.34. The summed E-state index contributed by atoms with van der Waals surface area (Å²) in [4.78, 5) is 18.9. The van der Waals surface area contributed by atoms with Crippen molar-refractivity contribution in [2.24, 2.45) is 0 Å². The average molecular weight is 488 g/mol.